The molecule has 3 fully saturated rings. The van der Waals surface area contributed by atoms with E-state index in [1.807, 2.05) is 91.0 Å². The van der Waals surface area contributed by atoms with Crippen LogP contribution in [-0.4, -0.2) is 17.8 Å². The third-order valence-corrected chi connectivity index (χ3v) is 8.45. The summed E-state index contributed by atoms with van der Waals surface area (Å²) in [6, 6.07) is 28.1. The molecule has 6 heteroatoms. The first-order valence-electron chi connectivity index (χ1n) is 10.1. The van der Waals surface area contributed by atoms with Crippen molar-refractivity contribution in [1.29, 1.82) is 0 Å². The van der Waals surface area contributed by atoms with Gasteiger partial charge in [-0.05, 0) is 23.3 Å². The smallest absolute Gasteiger partial charge is 0.321 e. The fourth-order valence-electron chi connectivity index (χ4n) is 5.31. The molecule has 2 bridgehead atoms. The molecule has 4 atom stereocenters. The van der Waals surface area contributed by atoms with Crippen molar-refractivity contribution < 1.29 is 19.1 Å². The van der Waals surface area contributed by atoms with Crippen LogP contribution < -0.4 is 4.90 Å². The van der Waals surface area contributed by atoms with Gasteiger partial charge in [0.15, 0.2) is 0 Å². The number of hydrogen-bond acceptors (Lipinski definition) is 5. The Morgan fingerprint density at radius 3 is 1.81 bits per heavy atom. The largest absolute Gasteiger partial charge is 0.393 e. The molecule has 3 aliphatic heterocycles. The molecular formula is C25H17NO4S. The first-order chi connectivity index (χ1) is 15.1. The van der Waals surface area contributed by atoms with E-state index in [0.717, 1.165) is 5.56 Å². The van der Waals surface area contributed by atoms with E-state index in [9.17, 15) is 14.4 Å². The van der Waals surface area contributed by atoms with Crippen LogP contribution in [0.1, 0.15) is 11.1 Å². The summed E-state index contributed by atoms with van der Waals surface area (Å²) < 4.78 is 3.93. The molecule has 0 aromatic heterocycles. The van der Waals surface area contributed by atoms with Crippen molar-refractivity contribution in [2.24, 2.45) is 11.8 Å². The summed E-state index contributed by atoms with van der Waals surface area (Å²) in [5, 5.41) is 0. The van der Waals surface area contributed by atoms with E-state index in [-0.39, 0.29) is 5.91 Å². The molecule has 3 aromatic rings. The minimum absolute atomic E-state index is 0.202. The molecule has 3 aromatic carbocycles. The van der Waals surface area contributed by atoms with Gasteiger partial charge in [-0.3, -0.25) is 19.3 Å². The number of esters is 2. The molecule has 6 rings (SSSR count). The van der Waals surface area contributed by atoms with Gasteiger partial charge in [-0.25, -0.2) is 0 Å². The average Bonchev–Trinajstić information content (AvgIpc) is 3.40. The summed E-state index contributed by atoms with van der Waals surface area (Å²) in [5.41, 5.74) is 2.20. The fourth-order valence-corrected chi connectivity index (χ4v) is 7.49. The number of thioether (sulfide) groups is 1. The van der Waals surface area contributed by atoms with Crippen molar-refractivity contribution in [2.45, 2.75) is 9.62 Å². The second-order valence-corrected chi connectivity index (χ2v) is 9.41. The predicted molar refractivity (Wildman–Crippen MR) is 116 cm³/mol. The number of anilines is 1. The Morgan fingerprint density at radius 2 is 1.19 bits per heavy atom. The van der Waals surface area contributed by atoms with Crippen molar-refractivity contribution in [2.75, 3.05) is 4.90 Å². The second-order valence-electron chi connectivity index (χ2n) is 7.94. The number of ether oxygens (including phenoxy) is 1. The van der Waals surface area contributed by atoms with Gasteiger partial charge in [0.25, 0.3) is 0 Å². The van der Waals surface area contributed by atoms with E-state index < -0.39 is 33.4 Å². The number of rotatable bonds is 3. The summed E-state index contributed by atoms with van der Waals surface area (Å²) in [7, 11) is 0. The Balaban J connectivity index is 1.70. The van der Waals surface area contributed by atoms with Gasteiger partial charge >= 0.3 is 11.9 Å². The molecule has 0 radical (unpaired) electrons. The van der Waals surface area contributed by atoms with Crippen LogP contribution in [0.4, 0.5) is 5.69 Å². The van der Waals surface area contributed by atoms with Crippen LogP contribution in [0.25, 0.3) is 0 Å². The van der Waals surface area contributed by atoms with Crippen LogP contribution in [0.5, 0.6) is 0 Å². The maximum absolute atomic E-state index is 14.2. The molecule has 5 nitrogen and oxygen atoms in total. The number of cyclic esters (lactones) is 2. The van der Waals surface area contributed by atoms with E-state index in [0.29, 0.717) is 11.3 Å². The number of benzene rings is 3. The topological polar surface area (TPSA) is 63.7 Å². The highest BCUT2D eigenvalue weighted by atomic mass is 32.2. The van der Waals surface area contributed by atoms with Crippen molar-refractivity contribution >= 4 is 35.3 Å². The van der Waals surface area contributed by atoms with E-state index in [4.69, 9.17) is 4.74 Å². The molecule has 152 valence electrons. The van der Waals surface area contributed by atoms with Gasteiger partial charge in [0.2, 0.25) is 5.91 Å². The van der Waals surface area contributed by atoms with Crippen molar-refractivity contribution in [3.05, 3.63) is 102 Å². The zero-order valence-electron chi connectivity index (χ0n) is 16.3. The zero-order valence-corrected chi connectivity index (χ0v) is 17.1. The molecule has 4 unspecified atom stereocenters. The molecule has 0 spiro atoms. The Morgan fingerprint density at radius 1 is 0.677 bits per heavy atom. The van der Waals surface area contributed by atoms with Crippen LogP contribution in [0.15, 0.2) is 91.0 Å². The quantitative estimate of drug-likeness (QED) is 0.469. The van der Waals surface area contributed by atoms with Crippen LogP contribution >= 0.6 is 11.8 Å². The van der Waals surface area contributed by atoms with Gasteiger partial charge in [-0.2, -0.15) is 0 Å². The van der Waals surface area contributed by atoms with Gasteiger partial charge in [0.05, 0.1) is 0 Å². The summed E-state index contributed by atoms with van der Waals surface area (Å²) in [4.78, 5) is 40.9. The molecule has 3 saturated heterocycles. The lowest BCUT2D eigenvalue weighted by Crippen LogP contribution is -2.58. The van der Waals surface area contributed by atoms with Crippen LogP contribution in [0.3, 0.4) is 0 Å². The normalized spacial score (nSPS) is 31.1. The monoisotopic (exact) mass is 427 g/mol. The summed E-state index contributed by atoms with van der Waals surface area (Å²) in [6.07, 6.45) is 0. The number of carbonyl (C=O) groups excluding carboxylic acids is 3. The van der Waals surface area contributed by atoms with Crippen LogP contribution in [0.2, 0.25) is 0 Å². The SMILES string of the molecule is O=C1OC(=O)C2C1C1(c3ccccc3)SC2(c2ccccc2)N(c2ccccc2)C1=O. The Labute approximate surface area is 183 Å². The van der Waals surface area contributed by atoms with Gasteiger partial charge in [-0.1, -0.05) is 78.9 Å². The number of para-hydroxylation sites is 1. The van der Waals surface area contributed by atoms with Gasteiger partial charge in [0.1, 0.15) is 21.5 Å². The zero-order chi connectivity index (χ0) is 21.2. The second kappa shape index (κ2) is 6.31. The fraction of sp³-hybridized carbons (Fsp3) is 0.160. The average molecular weight is 427 g/mol. The number of nitrogens with zero attached hydrogens (tertiary/aromatic N) is 1. The first-order valence-corrected chi connectivity index (χ1v) is 10.9. The number of amides is 1. The first kappa shape index (κ1) is 18.4. The molecule has 31 heavy (non-hydrogen) atoms. The number of fused-ring (bicyclic) bond motifs is 5. The lowest BCUT2D eigenvalue weighted by Gasteiger charge is -2.42. The van der Waals surface area contributed by atoms with E-state index >= 15 is 0 Å². The summed E-state index contributed by atoms with van der Waals surface area (Å²) in [6.45, 7) is 0. The number of carbonyl (C=O) groups is 3. The van der Waals surface area contributed by atoms with Crippen LogP contribution in [0, 0.1) is 11.8 Å². The maximum atomic E-state index is 14.2. The van der Waals surface area contributed by atoms with Gasteiger partial charge < -0.3 is 4.74 Å². The molecule has 3 heterocycles. The third kappa shape index (κ3) is 2.15. The highest BCUT2D eigenvalue weighted by Gasteiger charge is 2.82. The molecule has 0 aliphatic carbocycles. The third-order valence-electron chi connectivity index (χ3n) is 6.48. The minimum Gasteiger partial charge on any atom is -0.393 e. The predicted octanol–water partition coefficient (Wildman–Crippen LogP) is 3.84. The lowest BCUT2D eigenvalue weighted by atomic mass is 9.69. The standard InChI is InChI=1S/C25H17NO4S/c27-21-19-20(22(28)30-21)25(17-12-6-2-7-13-17)26(18-14-8-3-9-15-18)23(29)24(19,31-25)16-10-4-1-5-11-16/h1-15,19-20H. The highest BCUT2D eigenvalue weighted by molar-refractivity contribution is 8.03. The Kier molecular flexibility index (Phi) is 3.74. The Bertz CT molecular complexity index is 1220. The van der Waals surface area contributed by atoms with Gasteiger partial charge in [-0.15, -0.1) is 11.8 Å². The summed E-state index contributed by atoms with van der Waals surface area (Å²) in [5.74, 6) is -3.07. The molecule has 0 saturated carbocycles. The lowest BCUT2D eigenvalue weighted by molar-refractivity contribution is -0.154. The number of piperidine rings is 1. The van der Waals surface area contributed by atoms with Crippen molar-refractivity contribution in [1.82, 2.24) is 0 Å². The molecular weight excluding hydrogens is 410 g/mol. The molecule has 1 amide bonds. The van der Waals surface area contributed by atoms with Crippen molar-refractivity contribution in [3.63, 3.8) is 0 Å². The van der Waals surface area contributed by atoms with Crippen molar-refractivity contribution in [3.8, 4) is 0 Å². The summed E-state index contributed by atoms with van der Waals surface area (Å²) >= 11 is 1.40. The maximum Gasteiger partial charge on any atom is 0.321 e. The number of hydrogen-bond donors (Lipinski definition) is 0. The minimum atomic E-state index is -1.24. The van der Waals surface area contributed by atoms with E-state index in [1.54, 1.807) is 4.90 Å². The van der Waals surface area contributed by atoms with Crippen LogP contribution in [-0.2, 0) is 28.7 Å². The van der Waals surface area contributed by atoms with E-state index in [2.05, 4.69) is 0 Å². The van der Waals surface area contributed by atoms with E-state index in [1.165, 1.54) is 11.8 Å². The van der Waals surface area contributed by atoms with Gasteiger partial charge in [0, 0.05) is 5.69 Å². The molecule has 0 N–H and O–H groups in total. The highest BCUT2D eigenvalue weighted by Crippen LogP contribution is 2.75. The Hall–Kier alpha value is -3.38. The molecule has 3 aliphatic rings.